The zero-order valence-electron chi connectivity index (χ0n) is 20.9. The highest BCUT2D eigenvalue weighted by molar-refractivity contribution is 6.30. The first-order valence-electron chi connectivity index (χ1n) is 12.4. The minimum atomic E-state index is -0.675. The number of rotatable bonds is 10. The largest absolute Gasteiger partial charge is 0.357 e. The van der Waals surface area contributed by atoms with Gasteiger partial charge in [-0.1, -0.05) is 115 Å². The van der Waals surface area contributed by atoms with Gasteiger partial charge in [-0.15, -0.1) is 0 Å². The zero-order chi connectivity index (χ0) is 26.0. The average Bonchev–Trinajstić information content (AvgIpc) is 2.94. The lowest BCUT2D eigenvalue weighted by atomic mass is 9.87. The summed E-state index contributed by atoms with van der Waals surface area (Å²) >= 11 is 6.27. The molecule has 0 spiro atoms. The first-order chi connectivity index (χ1) is 18.0. The molecule has 0 aliphatic rings. The van der Waals surface area contributed by atoms with E-state index in [9.17, 15) is 9.59 Å². The van der Waals surface area contributed by atoms with E-state index in [1.807, 2.05) is 109 Å². The Morgan fingerprint density at radius 3 is 1.84 bits per heavy atom. The van der Waals surface area contributed by atoms with Gasteiger partial charge < -0.3 is 10.2 Å². The van der Waals surface area contributed by atoms with Crippen molar-refractivity contribution in [3.05, 3.63) is 143 Å². The van der Waals surface area contributed by atoms with Gasteiger partial charge in [0.15, 0.2) is 0 Å². The quantitative estimate of drug-likeness (QED) is 0.274. The van der Waals surface area contributed by atoms with E-state index in [-0.39, 0.29) is 30.7 Å². The molecule has 0 saturated heterocycles. The normalized spacial score (nSPS) is 11.6. The Morgan fingerprint density at radius 2 is 1.30 bits per heavy atom. The highest BCUT2D eigenvalue weighted by Crippen LogP contribution is 2.30. The highest BCUT2D eigenvalue weighted by Gasteiger charge is 2.31. The van der Waals surface area contributed by atoms with Crippen LogP contribution < -0.4 is 5.32 Å². The average molecular weight is 511 g/mol. The fraction of sp³-hybridized carbons (Fsp3) is 0.188. The number of benzene rings is 4. The number of nitrogens with one attached hydrogen (secondary N) is 1. The number of carbonyl (C=O) groups excluding carboxylic acids is 2. The maximum atomic E-state index is 14.2. The van der Waals surface area contributed by atoms with Crippen LogP contribution >= 0.6 is 11.6 Å². The summed E-state index contributed by atoms with van der Waals surface area (Å²) in [5.74, 6) is -0.434. The van der Waals surface area contributed by atoms with E-state index in [0.717, 1.165) is 22.3 Å². The Balaban J connectivity index is 1.71. The number of hydrogen-bond acceptors (Lipinski definition) is 2. The van der Waals surface area contributed by atoms with Gasteiger partial charge in [0.2, 0.25) is 11.8 Å². The molecule has 2 amide bonds. The van der Waals surface area contributed by atoms with Crippen LogP contribution in [0.25, 0.3) is 0 Å². The van der Waals surface area contributed by atoms with Crippen molar-refractivity contribution >= 4 is 23.4 Å². The lowest BCUT2D eigenvalue weighted by Crippen LogP contribution is -2.50. The van der Waals surface area contributed by atoms with E-state index < -0.39 is 6.04 Å². The van der Waals surface area contributed by atoms with Gasteiger partial charge in [-0.25, -0.2) is 0 Å². The Kier molecular flexibility index (Phi) is 9.12. The van der Waals surface area contributed by atoms with E-state index in [2.05, 4.69) is 5.32 Å². The van der Waals surface area contributed by atoms with E-state index in [1.165, 1.54) is 0 Å². The molecule has 5 heteroatoms. The van der Waals surface area contributed by atoms with Crippen LogP contribution in [-0.2, 0) is 22.6 Å². The molecule has 0 heterocycles. The van der Waals surface area contributed by atoms with Crippen LogP contribution in [0.4, 0.5) is 0 Å². The van der Waals surface area contributed by atoms with Gasteiger partial charge in [-0.3, -0.25) is 9.59 Å². The van der Waals surface area contributed by atoms with Gasteiger partial charge in [-0.2, -0.15) is 0 Å². The summed E-state index contributed by atoms with van der Waals surface area (Å²) in [4.78, 5) is 29.1. The molecule has 4 aromatic carbocycles. The minimum Gasteiger partial charge on any atom is -0.357 e. The Morgan fingerprint density at radius 1 is 0.757 bits per heavy atom. The van der Waals surface area contributed by atoms with E-state index in [4.69, 9.17) is 11.6 Å². The van der Waals surface area contributed by atoms with Crippen LogP contribution in [0.1, 0.15) is 34.6 Å². The number of carbonyl (C=O) groups is 2. The molecule has 0 unspecified atom stereocenters. The van der Waals surface area contributed by atoms with Crippen LogP contribution in [0.15, 0.2) is 115 Å². The van der Waals surface area contributed by atoms with Gasteiger partial charge in [0.1, 0.15) is 6.04 Å². The number of amides is 2. The van der Waals surface area contributed by atoms with Crippen molar-refractivity contribution in [2.45, 2.75) is 31.3 Å². The summed E-state index contributed by atoms with van der Waals surface area (Å²) in [6.07, 6.45) is 0.644. The van der Waals surface area contributed by atoms with Gasteiger partial charge in [0, 0.05) is 37.4 Å². The van der Waals surface area contributed by atoms with Crippen LogP contribution in [-0.4, -0.2) is 29.8 Å². The maximum absolute atomic E-state index is 14.2. The summed E-state index contributed by atoms with van der Waals surface area (Å²) in [5, 5.41) is 3.37. The summed E-state index contributed by atoms with van der Waals surface area (Å²) in [6, 6.07) is 36.7. The molecule has 0 bridgehead atoms. The second-order valence-corrected chi connectivity index (χ2v) is 9.49. The van der Waals surface area contributed by atoms with Crippen molar-refractivity contribution in [1.29, 1.82) is 0 Å². The van der Waals surface area contributed by atoms with Crippen molar-refractivity contribution < 1.29 is 9.59 Å². The number of halogens is 1. The topological polar surface area (TPSA) is 49.4 Å². The van der Waals surface area contributed by atoms with Crippen LogP contribution in [0, 0.1) is 0 Å². The zero-order valence-corrected chi connectivity index (χ0v) is 21.6. The van der Waals surface area contributed by atoms with E-state index in [1.54, 1.807) is 18.0 Å². The summed E-state index contributed by atoms with van der Waals surface area (Å²) < 4.78 is 0. The molecule has 0 saturated carbocycles. The van der Waals surface area contributed by atoms with Crippen LogP contribution in [0.2, 0.25) is 5.02 Å². The molecule has 1 N–H and O–H groups in total. The number of likely N-dealkylation sites (N-methyl/N-ethyl adjacent to an activating group) is 1. The molecule has 4 rings (SSSR count). The SMILES string of the molecule is CNC(=O)[C@H](Cc1ccccc1)N(Cc1cccc(Cl)c1)C(=O)CC(c1ccccc1)c1ccccc1. The number of hydrogen-bond donors (Lipinski definition) is 1. The van der Waals surface area contributed by atoms with Crippen molar-refractivity contribution in [3.8, 4) is 0 Å². The third kappa shape index (κ3) is 7.08. The molecular formula is C32H31ClN2O2. The Labute approximate surface area is 223 Å². The monoisotopic (exact) mass is 510 g/mol. The smallest absolute Gasteiger partial charge is 0.242 e. The van der Waals surface area contributed by atoms with Gasteiger partial charge in [0.05, 0.1) is 0 Å². The van der Waals surface area contributed by atoms with Gasteiger partial charge in [0.25, 0.3) is 0 Å². The van der Waals surface area contributed by atoms with Gasteiger partial charge >= 0.3 is 0 Å². The molecule has 4 aromatic rings. The molecule has 4 nitrogen and oxygen atoms in total. The molecule has 188 valence electrons. The van der Waals surface area contributed by atoms with Crippen LogP contribution in [0.3, 0.4) is 0 Å². The summed E-state index contributed by atoms with van der Waals surface area (Å²) in [6.45, 7) is 0.278. The fourth-order valence-electron chi connectivity index (χ4n) is 4.64. The predicted octanol–water partition coefficient (Wildman–Crippen LogP) is 6.25. The van der Waals surface area contributed by atoms with Crippen LogP contribution in [0.5, 0.6) is 0 Å². The Hall–Kier alpha value is -3.89. The minimum absolute atomic E-state index is 0.0952. The number of nitrogens with zero attached hydrogens (tertiary/aromatic N) is 1. The molecule has 0 aromatic heterocycles. The predicted molar refractivity (Wildman–Crippen MR) is 149 cm³/mol. The van der Waals surface area contributed by atoms with Gasteiger partial charge in [-0.05, 0) is 34.4 Å². The third-order valence-corrected chi connectivity index (χ3v) is 6.78. The molecule has 0 aliphatic heterocycles. The van der Waals surface area contributed by atoms with Crippen molar-refractivity contribution in [2.24, 2.45) is 0 Å². The summed E-state index contributed by atoms with van der Waals surface area (Å²) in [5.41, 5.74) is 3.98. The van der Waals surface area contributed by atoms with Crippen molar-refractivity contribution in [3.63, 3.8) is 0 Å². The molecular weight excluding hydrogens is 480 g/mol. The molecule has 37 heavy (non-hydrogen) atoms. The summed E-state index contributed by atoms with van der Waals surface area (Å²) in [7, 11) is 1.61. The second-order valence-electron chi connectivity index (χ2n) is 9.05. The first kappa shape index (κ1) is 26.2. The van der Waals surface area contributed by atoms with E-state index in [0.29, 0.717) is 11.4 Å². The first-order valence-corrected chi connectivity index (χ1v) is 12.8. The van der Waals surface area contributed by atoms with Crippen molar-refractivity contribution in [1.82, 2.24) is 10.2 Å². The van der Waals surface area contributed by atoms with E-state index >= 15 is 0 Å². The second kappa shape index (κ2) is 12.9. The van der Waals surface area contributed by atoms with Crippen molar-refractivity contribution in [2.75, 3.05) is 7.05 Å². The molecule has 0 fully saturated rings. The molecule has 0 radical (unpaired) electrons. The third-order valence-electron chi connectivity index (χ3n) is 6.54. The lowest BCUT2D eigenvalue weighted by Gasteiger charge is -2.32. The highest BCUT2D eigenvalue weighted by atomic mass is 35.5. The fourth-order valence-corrected chi connectivity index (χ4v) is 4.86. The molecule has 1 atom stereocenters. The lowest BCUT2D eigenvalue weighted by molar-refractivity contribution is -0.141. The maximum Gasteiger partial charge on any atom is 0.242 e. The standard InChI is InChI=1S/C32H31ClN2O2/c1-34-32(37)30(21-24-12-5-2-6-13-24)35(23-25-14-11-19-28(33)20-25)31(36)22-29(26-15-7-3-8-16-26)27-17-9-4-10-18-27/h2-20,29-30H,21-23H2,1H3,(H,34,37)/t30-/m0/s1. The Bertz CT molecular complexity index is 1260. The molecule has 0 aliphatic carbocycles.